The predicted octanol–water partition coefficient (Wildman–Crippen LogP) is 3.97. The number of nitrogens with zero attached hydrogens (tertiary/aromatic N) is 3. The second-order valence-electron chi connectivity index (χ2n) is 7.24. The molecule has 2 N–H and O–H groups in total. The van der Waals surface area contributed by atoms with Crippen LogP contribution in [-0.2, 0) is 29.1 Å². The number of carbonyl (C=O) groups excluding carboxylic acids is 2. The van der Waals surface area contributed by atoms with Crippen LogP contribution in [0.5, 0.6) is 5.75 Å². The summed E-state index contributed by atoms with van der Waals surface area (Å²) in [6.07, 6.45) is 0.265. The molecule has 8 nitrogen and oxygen atoms in total. The van der Waals surface area contributed by atoms with E-state index in [2.05, 4.69) is 36.8 Å². The fourth-order valence-electron chi connectivity index (χ4n) is 3.13. The summed E-state index contributed by atoms with van der Waals surface area (Å²) in [6.45, 7) is 4.81. The first-order valence-corrected chi connectivity index (χ1v) is 12.2. The van der Waals surface area contributed by atoms with Crippen molar-refractivity contribution in [2.75, 3.05) is 18.2 Å². The van der Waals surface area contributed by atoms with Gasteiger partial charge in [0.25, 0.3) is 0 Å². The topological polar surface area (TPSA) is 98.1 Å². The summed E-state index contributed by atoms with van der Waals surface area (Å²) in [5, 5.41) is 14.8. The van der Waals surface area contributed by atoms with Gasteiger partial charge in [-0.2, -0.15) is 0 Å². The van der Waals surface area contributed by atoms with Crippen molar-refractivity contribution >= 4 is 45.2 Å². The van der Waals surface area contributed by atoms with Crippen molar-refractivity contribution in [2.45, 2.75) is 38.5 Å². The van der Waals surface area contributed by atoms with Crippen molar-refractivity contribution in [1.82, 2.24) is 20.1 Å². The standard InChI is InChI=1S/C23H26BrN5O3S/c1-4-29-20(13-25-21(30)12-16-5-8-18(32-3)9-6-16)27-28-23(29)33-14-22(31)26-19-10-7-17(24)11-15(19)2/h5-11H,4,12-14H2,1-3H3,(H,25,30)(H,26,31). The van der Waals surface area contributed by atoms with Gasteiger partial charge in [-0.3, -0.25) is 9.59 Å². The van der Waals surface area contributed by atoms with E-state index < -0.39 is 0 Å². The zero-order valence-electron chi connectivity index (χ0n) is 18.7. The van der Waals surface area contributed by atoms with Gasteiger partial charge in [0.1, 0.15) is 5.75 Å². The molecule has 0 bridgehead atoms. The molecule has 0 atom stereocenters. The Morgan fingerprint density at radius 2 is 1.88 bits per heavy atom. The van der Waals surface area contributed by atoms with E-state index in [0.717, 1.165) is 27.0 Å². The number of amides is 2. The second-order valence-corrected chi connectivity index (χ2v) is 9.10. The monoisotopic (exact) mass is 531 g/mol. The number of nitrogens with one attached hydrogen (secondary N) is 2. The number of hydrogen-bond donors (Lipinski definition) is 2. The molecule has 0 unspecified atom stereocenters. The summed E-state index contributed by atoms with van der Waals surface area (Å²) < 4.78 is 8.00. The van der Waals surface area contributed by atoms with Crippen LogP contribution in [0.2, 0.25) is 0 Å². The van der Waals surface area contributed by atoms with E-state index >= 15 is 0 Å². The molecule has 3 aromatic rings. The normalized spacial score (nSPS) is 10.7. The molecule has 2 amide bonds. The van der Waals surface area contributed by atoms with Gasteiger partial charge < -0.3 is 19.9 Å². The van der Waals surface area contributed by atoms with Gasteiger partial charge in [0.2, 0.25) is 11.8 Å². The fraction of sp³-hybridized carbons (Fsp3) is 0.304. The maximum absolute atomic E-state index is 12.4. The van der Waals surface area contributed by atoms with Gasteiger partial charge in [0, 0.05) is 16.7 Å². The summed E-state index contributed by atoms with van der Waals surface area (Å²) in [5.74, 6) is 1.38. The third-order valence-electron chi connectivity index (χ3n) is 4.87. The van der Waals surface area contributed by atoms with Crippen molar-refractivity contribution in [1.29, 1.82) is 0 Å². The molecule has 0 saturated carbocycles. The summed E-state index contributed by atoms with van der Waals surface area (Å²) >= 11 is 4.73. The number of methoxy groups -OCH3 is 1. The van der Waals surface area contributed by atoms with Crippen LogP contribution in [0.25, 0.3) is 0 Å². The van der Waals surface area contributed by atoms with Crippen LogP contribution in [0.3, 0.4) is 0 Å². The summed E-state index contributed by atoms with van der Waals surface area (Å²) in [6, 6.07) is 13.1. The average Bonchev–Trinajstić information content (AvgIpc) is 3.20. The van der Waals surface area contributed by atoms with Gasteiger partial charge in [-0.15, -0.1) is 10.2 Å². The highest BCUT2D eigenvalue weighted by atomic mass is 79.9. The van der Waals surface area contributed by atoms with Gasteiger partial charge in [-0.25, -0.2) is 0 Å². The Balaban J connectivity index is 1.52. The van der Waals surface area contributed by atoms with Crippen LogP contribution in [0.1, 0.15) is 23.9 Å². The van der Waals surface area contributed by atoms with Crippen LogP contribution in [0.15, 0.2) is 52.1 Å². The molecule has 1 heterocycles. The molecule has 0 aliphatic heterocycles. The molecular formula is C23H26BrN5O3S. The highest BCUT2D eigenvalue weighted by Crippen LogP contribution is 2.22. The number of hydrogen-bond acceptors (Lipinski definition) is 6. The maximum Gasteiger partial charge on any atom is 0.234 e. The molecule has 2 aromatic carbocycles. The van der Waals surface area contributed by atoms with Gasteiger partial charge in [0.15, 0.2) is 11.0 Å². The first-order valence-electron chi connectivity index (χ1n) is 10.4. The van der Waals surface area contributed by atoms with E-state index in [9.17, 15) is 9.59 Å². The minimum Gasteiger partial charge on any atom is -0.497 e. The van der Waals surface area contributed by atoms with E-state index in [1.807, 2.05) is 60.9 Å². The number of rotatable bonds is 10. The summed E-state index contributed by atoms with van der Waals surface area (Å²) in [4.78, 5) is 24.7. The van der Waals surface area contributed by atoms with Crippen molar-refractivity contribution < 1.29 is 14.3 Å². The van der Waals surface area contributed by atoms with E-state index in [1.54, 1.807) is 7.11 Å². The summed E-state index contributed by atoms with van der Waals surface area (Å²) in [7, 11) is 1.61. The van der Waals surface area contributed by atoms with E-state index in [4.69, 9.17) is 4.74 Å². The number of carbonyl (C=O) groups is 2. The molecule has 174 valence electrons. The molecule has 1 aromatic heterocycles. The molecule has 3 rings (SSSR count). The molecular weight excluding hydrogens is 506 g/mol. The number of benzene rings is 2. The fourth-order valence-corrected chi connectivity index (χ4v) is 4.42. The number of aromatic nitrogens is 3. The van der Waals surface area contributed by atoms with Gasteiger partial charge >= 0.3 is 0 Å². The third kappa shape index (κ3) is 7.06. The highest BCUT2D eigenvalue weighted by Gasteiger charge is 2.15. The summed E-state index contributed by atoms with van der Waals surface area (Å²) in [5.41, 5.74) is 2.65. The second kappa shape index (κ2) is 11.9. The SMILES string of the molecule is CCn1c(CNC(=O)Cc2ccc(OC)cc2)nnc1SCC(=O)Nc1ccc(Br)cc1C. The first-order chi connectivity index (χ1) is 15.9. The van der Waals surface area contributed by atoms with Crippen LogP contribution in [0.4, 0.5) is 5.69 Å². The molecule has 0 saturated heterocycles. The number of thioether (sulfide) groups is 1. The smallest absolute Gasteiger partial charge is 0.234 e. The van der Waals surface area contributed by atoms with Gasteiger partial charge in [-0.05, 0) is 55.3 Å². The molecule has 0 spiro atoms. The Hall–Kier alpha value is -2.85. The molecule has 0 fully saturated rings. The molecule has 0 radical (unpaired) electrons. The number of aryl methyl sites for hydroxylation is 1. The average molecular weight is 532 g/mol. The molecule has 33 heavy (non-hydrogen) atoms. The Bertz CT molecular complexity index is 1120. The Kier molecular flexibility index (Phi) is 8.90. The Morgan fingerprint density at radius 3 is 2.55 bits per heavy atom. The zero-order chi connectivity index (χ0) is 23.8. The first kappa shape index (κ1) is 24.8. The lowest BCUT2D eigenvalue weighted by Gasteiger charge is -2.10. The maximum atomic E-state index is 12.4. The van der Waals surface area contributed by atoms with Crippen molar-refractivity contribution in [3.8, 4) is 5.75 Å². The van der Waals surface area contributed by atoms with Gasteiger partial charge in [0.05, 0.1) is 25.8 Å². The van der Waals surface area contributed by atoms with Crippen LogP contribution < -0.4 is 15.4 Å². The molecule has 0 aliphatic rings. The van der Waals surface area contributed by atoms with Crippen LogP contribution >= 0.6 is 27.7 Å². The Labute approximate surface area is 205 Å². The molecule has 0 aliphatic carbocycles. The largest absolute Gasteiger partial charge is 0.497 e. The predicted molar refractivity (Wildman–Crippen MR) is 132 cm³/mol. The Morgan fingerprint density at radius 1 is 1.12 bits per heavy atom. The minimum atomic E-state index is -0.120. The van der Waals surface area contributed by atoms with E-state index in [1.165, 1.54) is 11.8 Å². The number of anilines is 1. The lowest BCUT2D eigenvalue weighted by molar-refractivity contribution is -0.120. The van der Waals surface area contributed by atoms with Crippen LogP contribution in [0, 0.1) is 6.92 Å². The number of ether oxygens (including phenoxy) is 1. The lowest BCUT2D eigenvalue weighted by atomic mass is 10.1. The van der Waals surface area contributed by atoms with Crippen LogP contribution in [-0.4, -0.2) is 39.4 Å². The zero-order valence-corrected chi connectivity index (χ0v) is 21.1. The van der Waals surface area contributed by atoms with E-state index in [0.29, 0.717) is 17.5 Å². The minimum absolute atomic E-state index is 0.107. The van der Waals surface area contributed by atoms with Crippen molar-refractivity contribution in [3.63, 3.8) is 0 Å². The quantitative estimate of drug-likeness (QED) is 0.384. The molecule has 10 heteroatoms. The van der Waals surface area contributed by atoms with Gasteiger partial charge in [-0.1, -0.05) is 39.8 Å². The number of halogens is 1. The lowest BCUT2D eigenvalue weighted by Crippen LogP contribution is -2.26. The van der Waals surface area contributed by atoms with Crippen molar-refractivity contribution in [3.05, 3.63) is 63.9 Å². The van der Waals surface area contributed by atoms with Crippen molar-refractivity contribution in [2.24, 2.45) is 0 Å². The highest BCUT2D eigenvalue weighted by molar-refractivity contribution is 9.10. The van der Waals surface area contributed by atoms with E-state index in [-0.39, 0.29) is 30.5 Å². The third-order valence-corrected chi connectivity index (χ3v) is 6.33.